The van der Waals surface area contributed by atoms with Gasteiger partial charge in [0.05, 0.1) is 0 Å². The Kier molecular flexibility index (Phi) is 8.99. The van der Waals surface area contributed by atoms with Crippen LogP contribution in [0.2, 0.25) is 0 Å². The van der Waals surface area contributed by atoms with Gasteiger partial charge in [-0.05, 0) is 41.7 Å². The SMILES string of the molecule is CCCSc1ccc(C(P(=O)(OC)OC)P(=S)(OC)OC)cc1. The zero-order valence-electron chi connectivity index (χ0n) is 14.1. The smallest absolute Gasteiger partial charge is 0.332 e. The van der Waals surface area contributed by atoms with Crippen molar-refractivity contribution in [2.45, 2.75) is 23.6 Å². The average molecular weight is 398 g/mol. The number of rotatable bonds is 10. The molecule has 0 saturated carbocycles. The lowest BCUT2D eigenvalue weighted by Crippen LogP contribution is -2.07. The quantitative estimate of drug-likeness (QED) is 0.393. The summed E-state index contributed by atoms with van der Waals surface area (Å²) in [6.45, 7) is -0.754. The Balaban J connectivity index is 3.30. The third-order valence-corrected chi connectivity index (χ3v) is 12.1. The summed E-state index contributed by atoms with van der Waals surface area (Å²) in [7, 11) is 2.08. The second-order valence-electron chi connectivity index (χ2n) is 4.60. The molecule has 0 fully saturated rings. The zero-order valence-corrected chi connectivity index (χ0v) is 17.5. The Morgan fingerprint density at radius 2 is 1.57 bits per heavy atom. The van der Waals surface area contributed by atoms with E-state index in [1.54, 1.807) is 11.8 Å². The topological polar surface area (TPSA) is 54.0 Å². The summed E-state index contributed by atoms with van der Waals surface area (Å²) in [4.78, 5) is 1.14. The predicted octanol–water partition coefficient (Wildman–Crippen LogP) is 5.28. The molecular weight excluding hydrogens is 374 g/mol. The van der Waals surface area contributed by atoms with E-state index in [0.717, 1.165) is 22.6 Å². The monoisotopic (exact) mass is 398 g/mol. The van der Waals surface area contributed by atoms with Crippen molar-refractivity contribution in [2.24, 2.45) is 0 Å². The summed E-state index contributed by atoms with van der Waals surface area (Å²) >= 11 is 7.29. The molecule has 1 rings (SSSR count). The van der Waals surface area contributed by atoms with Crippen molar-refractivity contribution >= 4 is 37.7 Å². The highest BCUT2D eigenvalue weighted by Gasteiger charge is 2.47. The van der Waals surface area contributed by atoms with E-state index in [2.05, 4.69) is 6.92 Å². The van der Waals surface area contributed by atoms with Gasteiger partial charge in [0.25, 0.3) is 0 Å². The Morgan fingerprint density at radius 3 is 1.96 bits per heavy atom. The zero-order chi connectivity index (χ0) is 17.5. The van der Waals surface area contributed by atoms with Gasteiger partial charge in [-0.15, -0.1) is 11.8 Å². The van der Waals surface area contributed by atoms with Gasteiger partial charge in [0.15, 0.2) is 5.40 Å². The van der Waals surface area contributed by atoms with Crippen molar-refractivity contribution < 1.29 is 22.7 Å². The van der Waals surface area contributed by atoms with E-state index in [4.69, 9.17) is 29.9 Å². The van der Waals surface area contributed by atoms with E-state index < -0.39 is 19.5 Å². The molecule has 0 aromatic heterocycles. The molecule has 1 aromatic rings. The fourth-order valence-corrected chi connectivity index (χ4v) is 8.90. The molecule has 1 unspecified atom stereocenters. The van der Waals surface area contributed by atoms with Gasteiger partial charge in [0.1, 0.15) is 0 Å². The summed E-state index contributed by atoms with van der Waals surface area (Å²) in [5.74, 6) is 1.05. The van der Waals surface area contributed by atoms with E-state index >= 15 is 0 Å². The van der Waals surface area contributed by atoms with Crippen LogP contribution < -0.4 is 0 Å². The van der Waals surface area contributed by atoms with E-state index in [9.17, 15) is 4.57 Å². The first kappa shape index (κ1) is 21.3. The molecule has 0 aliphatic rings. The molecule has 0 bridgehead atoms. The maximum Gasteiger partial charge on any atom is 0.347 e. The molecule has 5 nitrogen and oxygen atoms in total. The predicted molar refractivity (Wildman–Crippen MR) is 100 cm³/mol. The third kappa shape index (κ3) is 5.13. The largest absolute Gasteiger partial charge is 0.347 e. The first-order valence-corrected chi connectivity index (χ1v) is 12.4. The Bertz CT molecular complexity index is 537. The van der Waals surface area contributed by atoms with Crippen LogP contribution >= 0.6 is 25.8 Å². The van der Waals surface area contributed by atoms with Crippen molar-refractivity contribution in [3.63, 3.8) is 0 Å². The number of thioether (sulfide) groups is 1. The normalized spacial score (nSPS) is 14.0. The highest BCUT2D eigenvalue weighted by atomic mass is 32.5. The molecule has 0 aliphatic heterocycles. The molecule has 0 spiro atoms. The van der Waals surface area contributed by atoms with Gasteiger partial charge in [0, 0.05) is 33.3 Å². The minimum absolute atomic E-state index is 0.727. The minimum atomic E-state index is -3.52. The molecule has 0 N–H and O–H groups in total. The second-order valence-corrected chi connectivity index (χ2v) is 12.4. The molecule has 23 heavy (non-hydrogen) atoms. The average Bonchev–Trinajstić information content (AvgIpc) is 2.60. The number of benzene rings is 1. The summed E-state index contributed by atoms with van der Waals surface area (Å²) < 4.78 is 34.2. The van der Waals surface area contributed by atoms with Crippen molar-refractivity contribution in [1.29, 1.82) is 0 Å². The van der Waals surface area contributed by atoms with E-state index in [-0.39, 0.29) is 0 Å². The van der Waals surface area contributed by atoms with Gasteiger partial charge in [-0.3, -0.25) is 4.57 Å². The van der Waals surface area contributed by atoms with Crippen LogP contribution in [0.5, 0.6) is 0 Å². The van der Waals surface area contributed by atoms with Crippen molar-refractivity contribution in [3.05, 3.63) is 29.8 Å². The molecule has 0 heterocycles. The molecule has 132 valence electrons. The van der Waals surface area contributed by atoms with Crippen LogP contribution in [-0.4, -0.2) is 34.2 Å². The molecule has 0 saturated heterocycles. The van der Waals surface area contributed by atoms with Crippen LogP contribution in [-0.2, 0) is 34.5 Å². The number of hydrogen-bond acceptors (Lipinski definition) is 7. The van der Waals surface area contributed by atoms with Gasteiger partial charge in [-0.25, -0.2) is 0 Å². The lowest BCUT2D eigenvalue weighted by atomic mass is 10.2. The highest BCUT2D eigenvalue weighted by Crippen LogP contribution is 2.77. The van der Waals surface area contributed by atoms with Gasteiger partial charge in [-0.2, -0.15) is 0 Å². The van der Waals surface area contributed by atoms with E-state index in [0.29, 0.717) is 0 Å². The van der Waals surface area contributed by atoms with Gasteiger partial charge in [0.2, 0.25) is 6.49 Å². The first-order chi connectivity index (χ1) is 10.9. The maximum absolute atomic E-state index is 13.0. The fourth-order valence-electron chi connectivity index (χ4n) is 2.04. The summed E-state index contributed by atoms with van der Waals surface area (Å²) in [6, 6.07) is 7.71. The molecular formula is C14H24O5P2S2. The van der Waals surface area contributed by atoms with Crippen LogP contribution in [0, 0.1) is 0 Å². The van der Waals surface area contributed by atoms with Gasteiger partial charge >= 0.3 is 7.60 Å². The van der Waals surface area contributed by atoms with Crippen molar-refractivity contribution in [3.8, 4) is 0 Å². The molecule has 1 aromatic carbocycles. The molecule has 9 heteroatoms. The standard InChI is InChI=1S/C14H24O5P2S2/c1-6-11-23-13-9-7-12(8-10-13)14(20(15,16-2)17-3)21(22,18-4)19-5/h7-10,14H,6,11H2,1-5H3. The first-order valence-electron chi connectivity index (χ1n) is 7.05. The van der Waals surface area contributed by atoms with Crippen molar-refractivity contribution in [2.75, 3.05) is 34.2 Å². The summed E-state index contributed by atoms with van der Waals surface area (Å²) in [6.07, 6.45) is 1.10. The molecule has 0 aliphatic carbocycles. The van der Waals surface area contributed by atoms with Crippen LogP contribution in [0.25, 0.3) is 0 Å². The molecule has 0 amide bonds. The Morgan fingerprint density at radius 1 is 1.04 bits per heavy atom. The summed E-state index contributed by atoms with van der Waals surface area (Å²) in [5.41, 5.74) is 0.727. The number of hydrogen-bond donors (Lipinski definition) is 0. The lowest BCUT2D eigenvalue weighted by molar-refractivity contribution is 0.265. The maximum atomic E-state index is 13.0. The fraction of sp³-hybridized carbons (Fsp3) is 0.571. The van der Waals surface area contributed by atoms with Crippen LogP contribution in [0.4, 0.5) is 0 Å². The minimum Gasteiger partial charge on any atom is -0.332 e. The van der Waals surface area contributed by atoms with Crippen LogP contribution in [0.15, 0.2) is 29.2 Å². The Hall–Kier alpha value is 0.290. The third-order valence-electron chi connectivity index (χ3n) is 3.27. The molecule has 0 radical (unpaired) electrons. The summed E-state index contributed by atoms with van der Waals surface area (Å²) in [5, 5.41) is -0.778. The molecule has 1 atom stereocenters. The van der Waals surface area contributed by atoms with Gasteiger partial charge < -0.3 is 18.1 Å². The second kappa shape index (κ2) is 9.69. The van der Waals surface area contributed by atoms with E-state index in [1.807, 2.05) is 24.3 Å². The van der Waals surface area contributed by atoms with E-state index in [1.165, 1.54) is 28.4 Å². The van der Waals surface area contributed by atoms with Crippen LogP contribution in [0.1, 0.15) is 24.3 Å². The lowest BCUT2D eigenvalue weighted by Gasteiger charge is -2.32. The highest BCUT2D eigenvalue weighted by molar-refractivity contribution is 8.12. The van der Waals surface area contributed by atoms with Gasteiger partial charge in [-0.1, -0.05) is 19.1 Å². The van der Waals surface area contributed by atoms with Crippen molar-refractivity contribution in [1.82, 2.24) is 0 Å². The van der Waals surface area contributed by atoms with Crippen LogP contribution in [0.3, 0.4) is 0 Å². The Labute approximate surface area is 148 Å².